The van der Waals surface area contributed by atoms with E-state index in [1.54, 1.807) is 18.7 Å². The van der Waals surface area contributed by atoms with E-state index in [9.17, 15) is 9.90 Å². The first-order valence-electron chi connectivity index (χ1n) is 10.5. The number of carbonyl (C=O) groups is 1. The molecule has 0 bridgehead atoms. The topological polar surface area (TPSA) is 66.2 Å². The molecule has 1 aromatic carbocycles. The number of nitrogens with zero attached hydrogens (tertiary/aromatic N) is 2. The van der Waals surface area contributed by atoms with Crippen LogP contribution in [0, 0.1) is 0 Å². The van der Waals surface area contributed by atoms with Crippen molar-refractivity contribution >= 4 is 28.7 Å². The Morgan fingerprint density at radius 2 is 1.72 bits per heavy atom. The van der Waals surface area contributed by atoms with Crippen molar-refractivity contribution in [3.63, 3.8) is 0 Å². The number of thioether (sulfide) groups is 1. The number of hydrogen-bond acceptors (Lipinski definition) is 7. The maximum atomic E-state index is 12.7. The Morgan fingerprint density at radius 1 is 1.07 bits per heavy atom. The Balaban J connectivity index is 2.42. The van der Waals surface area contributed by atoms with Gasteiger partial charge < -0.3 is 14.3 Å². The minimum Gasteiger partial charge on any atom is -0.507 e. The first kappa shape index (κ1) is 23.6. The number of aromatic hydroxyl groups is 1. The average Bonchev–Trinajstić information content (AvgIpc) is 3.10. The van der Waals surface area contributed by atoms with Crippen LogP contribution >= 0.6 is 11.8 Å². The van der Waals surface area contributed by atoms with Crippen molar-refractivity contribution in [1.82, 2.24) is 9.80 Å². The molecule has 0 saturated carbocycles. The molecule has 1 heterocycles. The first-order valence-corrected chi connectivity index (χ1v) is 11.6. The Hall–Kier alpha value is -1.70. The molecule has 0 radical (unpaired) electrons. The van der Waals surface area contributed by atoms with Gasteiger partial charge in [-0.25, -0.2) is 4.79 Å². The lowest BCUT2D eigenvalue weighted by atomic mass is 10.1. The molecule has 0 aliphatic rings. The fourth-order valence-corrected chi connectivity index (χ4v) is 4.38. The molecule has 0 amide bonds. The Kier molecular flexibility index (Phi) is 9.33. The maximum absolute atomic E-state index is 12.7. The van der Waals surface area contributed by atoms with Crippen molar-refractivity contribution < 1.29 is 19.1 Å². The quantitative estimate of drug-likeness (QED) is 0.393. The highest BCUT2D eigenvalue weighted by Gasteiger charge is 2.26. The Morgan fingerprint density at radius 3 is 2.31 bits per heavy atom. The summed E-state index contributed by atoms with van der Waals surface area (Å²) in [5.74, 6) is 1.63. The number of ether oxygens (including phenoxy) is 1. The van der Waals surface area contributed by atoms with E-state index >= 15 is 0 Å². The van der Waals surface area contributed by atoms with Crippen LogP contribution in [0.3, 0.4) is 0 Å². The third-order valence-electron chi connectivity index (χ3n) is 5.15. The van der Waals surface area contributed by atoms with Gasteiger partial charge in [-0.3, -0.25) is 9.80 Å². The van der Waals surface area contributed by atoms with Gasteiger partial charge in [-0.05, 0) is 39.2 Å². The van der Waals surface area contributed by atoms with E-state index in [2.05, 4.69) is 37.5 Å². The van der Waals surface area contributed by atoms with Crippen molar-refractivity contribution in [2.45, 2.75) is 46.9 Å². The summed E-state index contributed by atoms with van der Waals surface area (Å²) in [6, 6.07) is 3.72. The molecule has 0 spiro atoms. The lowest BCUT2D eigenvalue weighted by Gasteiger charge is -2.18. The van der Waals surface area contributed by atoms with E-state index in [-0.39, 0.29) is 12.4 Å². The number of benzene rings is 1. The van der Waals surface area contributed by atoms with E-state index in [0.29, 0.717) is 34.6 Å². The molecular weight excluding hydrogens is 388 g/mol. The number of furan rings is 1. The molecule has 0 fully saturated rings. The maximum Gasteiger partial charge on any atom is 0.342 e. The lowest BCUT2D eigenvalue weighted by Crippen LogP contribution is -2.22. The van der Waals surface area contributed by atoms with Gasteiger partial charge in [0.25, 0.3) is 0 Å². The minimum atomic E-state index is -0.444. The molecule has 6 nitrogen and oxygen atoms in total. The van der Waals surface area contributed by atoms with Crippen LogP contribution in [-0.2, 0) is 17.0 Å². The summed E-state index contributed by atoms with van der Waals surface area (Å²) in [6.45, 7) is 14.8. The van der Waals surface area contributed by atoms with Gasteiger partial charge in [-0.15, -0.1) is 11.8 Å². The second-order valence-electron chi connectivity index (χ2n) is 6.81. The zero-order valence-electron chi connectivity index (χ0n) is 18.3. The van der Waals surface area contributed by atoms with E-state index in [1.165, 1.54) is 0 Å². The second kappa shape index (κ2) is 11.5. The number of phenols is 1. The van der Waals surface area contributed by atoms with Gasteiger partial charge in [0.1, 0.15) is 22.7 Å². The van der Waals surface area contributed by atoms with Gasteiger partial charge in [0.05, 0.1) is 17.7 Å². The number of carbonyl (C=O) groups excluding carboxylic acids is 1. The first-order chi connectivity index (χ1) is 14.0. The van der Waals surface area contributed by atoms with Gasteiger partial charge in [0.15, 0.2) is 0 Å². The minimum absolute atomic E-state index is 0.112. The molecule has 0 unspecified atom stereocenters. The fraction of sp³-hybridized carbons (Fsp3) is 0.591. The number of fused-ring (bicyclic) bond motifs is 1. The third kappa shape index (κ3) is 5.68. The van der Waals surface area contributed by atoms with Crippen LogP contribution in [0.4, 0.5) is 0 Å². The van der Waals surface area contributed by atoms with Crippen molar-refractivity contribution in [2.24, 2.45) is 0 Å². The summed E-state index contributed by atoms with van der Waals surface area (Å²) in [5, 5.41) is 11.4. The molecule has 0 aliphatic heterocycles. The zero-order valence-corrected chi connectivity index (χ0v) is 19.1. The average molecular weight is 423 g/mol. The molecular formula is C22H34N2O4S. The van der Waals surface area contributed by atoms with Crippen LogP contribution in [0.2, 0.25) is 0 Å². The fourth-order valence-electron chi connectivity index (χ4n) is 3.28. The normalized spacial score (nSPS) is 11.7. The molecule has 1 N–H and O–H groups in total. The third-order valence-corrected chi connectivity index (χ3v) is 6.17. The molecule has 7 heteroatoms. The summed E-state index contributed by atoms with van der Waals surface area (Å²) >= 11 is 1.69. The molecule has 0 saturated heterocycles. The summed E-state index contributed by atoms with van der Waals surface area (Å²) in [6.07, 6.45) is 0. The summed E-state index contributed by atoms with van der Waals surface area (Å²) in [4.78, 5) is 17.2. The number of phenolic OH excluding ortho intramolecular Hbond substituents is 1. The van der Waals surface area contributed by atoms with Crippen molar-refractivity contribution in [3.8, 4) is 5.75 Å². The molecule has 0 atom stereocenters. The van der Waals surface area contributed by atoms with E-state index in [4.69, 9.17) is 9.15 Å². The molecule has 1 aromatic heterocycles. The van der Waals surface area contributed by atoms with Crippen molar-refractivity contribution in [1.29, 1.82) is 0 Å². The van der Waals surface area contributed by atoms with Gasteiger partial charge in [0, 0.05) is 18.0 Å². The monoisotopic (exact) mass is 422 g/mol. The van der Waals surface area contributed by atoms with Gasteiger partial charge in [-0.1, -0.05) is 33.8 Å². The number of rotatable bonds is 12. The smallest absolute Gasteiger partial charge is 0.342 e. The molecule has 29 heavy (non-hydrogen) atoms. The van der Waals surface area contributed by atoms with E-state index in [0.717, 1.165) is 37.6 Å². The standard InChI is InChI=1S/C22H34N2O4S/c1-6-23(7-2)13-16-11-12-17-19(21(16)25)20(22(26)27-10-5)18(28-17)14-29-15-24(8-3)9-4/h11-12,25H,6-10,13-15H2,1-5H3. The SMILES string of the molecule is CCOC(=O)c1c(CSCN(CC)CC)oc2ccc(CN(CC)CC)c(O)c12. The van der Waals surface area contributed by atoms with Crippen LogP contribution in [-0.4, -0.2) is 59.5 Å². The Labute approximate surface area is 178 Å². The molecule has 2 aromatic rings. The molecule has 2 rings (SSSR count). The summed E-state index contributed by atoms with van der Waals surface area (Å²) in [5.41, 5.74) is 1.66. The number of esters is 1. The van der Waals surface area contributed by atoms with Crippen LogP contribution in [0.15, 0.2) is 16.5 Å². The van der Waals surface area contributed by atoms with Gasteiger partial charge >= 0.3 is 5.97 Å². The highest BCUT2D eigenvalue weighted by atomic mass is 32.2. The molecule has 162 valence electrons. The van der Waals surface area contributed by atoms with Crippen LogP contribution in [0.1, 0.15) is 56.3 Å². The number of hydrogen-bond donors (Lipinski definition) is 1. The van der Waals surface area contributed by atoms with Crippen molar-refractivity contribution in [2.75, 3.05) is 38.7 Å². The molecule has 0 aliphatic carbocycles. The Bertz CT molecular complexity index is 798. The van der Waals surface area contributed by atoms with Crippen LogP contribution in [0.5, 0.6) is 5.75 Å². The largest absolute Gasteiger partial charge is 0.507 e. The highest BCUT2D eigenvalue weighted by Crippen LogP contribution is 2.38. The predicted molar refractivity (Wildman–Crippen MR) is 120 cm³/mol. The van der Waals surface area contributed by atoms with Crippen molar-refractivity contribution in [3.05, 3.63) is 29.0 Å². The highest BCUT2D eigenvalue weighted by molar-refractivity contribution is 7.98. The zero-order chi connectivity index (χ0) is 21.4. The summed E-state index contributed by atoms with van der Waals surface area (Å²) < 4.78 is 11.3. The second-order valence-corrected chi connectivity index (χ2v) is 7.76. The predicted octanol–water partition coefficient (Wildman–Crippen LogP) is 4.69. The van der Waals surface area contributed by atoms with E-state index in [1.807, 2.05) is 12.1 Å². The van der Waals surface area contributed by atoms with E-state index < -0.39 is 5.97 Å². The van der Waals surface area contributed by atoms with Gasteiger partial charge in [-0.2, -0.15) is 0 Å². The van der Waals surface area contributed by atoms with Crippen LogP contribution in [0.25, 0.3) is 11.0 Å². The van der Waals surface area contributed by atoms with Gasteiger partial charge in [0.2, 0.25) is 0 Å². The summed E-state index contributed by atoms with van der Waals surface area (Å²) in [7, 11) is 0. The lowest BCUT2D eigenvalue weighted by molar-refractivity contribution is 0.0526. The van der Waals surface area contributed by atoms with Crippen LogP contribution < -0.4 is 0 Å².